The molecule has 0 heterocycles. The molecule has 0 aromatic rings. The molecule has 3 saturated carbocycles. The molecule has 3 fully saturated rings. The monoisotopic (exact) mass is 677 g/mol. The first-order chi connectivity index (χ1) is 23.6. The summed E-state index contributed by atoms with van der Waals surface area (Å²) in [7, 11) is 0. The van der Waals surface area contributed by atoms with E-state index >= 15 is 0 Å². The van der Waals surface area contributed by atoms with Gasteiger partial charge in [0.25, 0.3) is 0 Å². The number of carbonyl (C=O) groups is 1. The van der Waals surface area contributed by atoms with Gasteiger partial charge >= 0.3 is 5.97 Å². The van der Waals surface area contributed by atoms with Crippen LogP contribution in [0.15, 0.2) is 35.5 Å². The highest BCUT2D eigenvalue weighted by Crippen LogP contribution is 2.67. The number of unbranched alkanes of at least 4 members (excludes halogenated alkanes) is 11. The van der Waals surface area contributed by atoms with Gasteiger partial charge in [0.15, 0.2) is 0 Å². The summed E-state index contributed by atoms with van der Waals surface area (Å²) < 4.78 is 6.14. The number of hydrogen-bond donors (Lipinski definition) is 0. The average Bonchev–Trinajstić information content (AvgIpc) is 3.44. The van der Waals surface area contributed by atoms with E-state index in [0.717, 1.165) is 55.3 Å². The number of hydrogen-bond acceptors (Lipinski definition) is 2. The predicted octanol–water partition coefficient (Wildman–Crippen LogP) is 14.5. The summed E-state index contributed by atoms with van der Waals surface area (Å²) in [6.07, 6.45) is 40.1. The smallest absolute Gasteiger partial charge is 0.306 e. The van der Waals surface area contributed by atoms with Crippen LogP contribution in [0.2, 0.25) is 0 Å². The maximum Gasteiger partial charge on any atom is 0.306 e. The van der Waals surface area contributed by atoms with E-state index < -0.39 is 0 Å². The average molecular weight is 677 g/mol. The van der Waals surface area contributed by atoms with Crippen molar-refractivity contribution in [1.82, 2.24) is 0 Å². The summed E-state index contributed by atoms with van der Waals surface area (Å²) >= 11 is 0. The van der Waals surface area contributed by atoms with Crippen molar-refractivity contribution in [2.75, 3.05) is 0 Å². The Morgan fingerprint density at radius 3 is 2.18 bits per heavy atom. The molecule has 4 rings (SSSR count). The fourth-order valence-electron chi connectivity index (χ4n) is 11.7. The Morgan fingerprint density at radius 1 is 0.837 bits per heavy atom. The highest BCUT2D eigenvalue weighted by Gasteiger charge is 2.59. The van der Waals surface area contributed by atoms with E-state index in [2.05, 4.69) is 72.8 Å². The van der Waals surface area contributed by atoms with Crippen molar-refractivity contribution >= 4 is 5.97 Å². The van der Waals surface area contributed by atoms with Crippen LogP contribution in [0, 0.1) is 46.3 Å². The number of esters is 1. The van der Waals surface area contributed by atoms with Crippen molar-refractivity contribution < 1.29 is 9.53 Å². The molecule has 0 N–H and O–H groups in total. The van der Waals surface area contributed by atoms with E-state index in [1.807, 2.05) is 0 Å². The van der Waals surface area contributed by atoms with Crippen LogP contribution in [-0.2, 0) is 9.53 Å². The lowest BCUT2D eigenvalue weighted by Gasteiger charge is -2.58. The summed E-state index contributed by atoms with van der Waals surface area (Å²) in [5, 5.41) is 0. The van der Waals surface area contributed by atoms with Gasteiger partial charge < -0.3 is 4.74 Å². The van der Waals surface area contributed by atoms with Gasteiger partial charge in [0, 0.05) is 12.8 Å². The van der Waals surface area contributed by atoms with Crippen molar-refractivity contribution in [3.8, 4) is 0 Å². The lowest BCUT2D eigenvalue weighted by molar-refractivity contribution is -0.151. The van der Waals surface area contributed by atoms with Gasteiger partial charge in [-0.1, -0.05) is 128 Å². The molecule has 49 heavy (non-hydrogen) atoms. The molecule has 8 atom stereocenters. The van der Waals surface area contributed by atoms with E-state index in [0.29, 0.717) is 23.2 Å². The fraction of sp³-hybridized carbons (Fsp3) is 0.851. The van der Waals surface area contributed by atoms with Crippen molar-refractivity contribution in [3.63, 3.8) is 0 Å². The summed E-state index contributed by atoms with van der Waals surface area (Å²) in [6, 6.07) is 0. The standard InChI is InChI=1S/C47H80O2/c1-8-10-11-12-13-14-15-16-17-18-19-20-21-22-23-24-45(48)49-40-31-33-46(6)39(35-40)27-28-41-43-30-29-42(47(43,7)34-32-44(41)46)37(5)25-26-38(9-2)36(3)4/h9,16-17,27,36-37,40-44H,8,10-15,18-26,28-35H2,1-7H3/b17-16+,38-9+/t37-,40+,41+,42-,43+,44+,46+,47-/m1/s1. The van der Waals surface area contributed by atoms with Crippen LogP contribution < -0.4 is 0 Å². The molecular formula is C47H80O2. The molecule has 0 bridgehead atoms. The van der Waals surface area contributed by atoms with Gasteiger partial charge in [0.2, 0.25) is 0 Å². The first-order valence-electron chi connectivity index (χ1n) is 21.8. The molecule has 4 aliphatic rings. The third-order valence-corrected chi connectivity index (χ3v) is 14.8. The molecule has 0 aromatic heterocycles. The molecule has 0 aliphatic heterocycles. The summed E-state index contributed by atoms with van der Waals surface area (Å²) in [4.78, 5) is 12.8. The molecule has 0 radical (unpaired) electrons. The zero-order valence-electron chi connectivity index (χ0n) is 33.6. The molecule has 0 saturated heterocycles. The summed E-state index contributed by atoms with van der Waals surface area (Å²) in [5.74, 6) is 5.01. The number of carbonyl (C=O) groups excluding carboxylic acids is 1. The largest absolute Gasteiger partial charge is 0.462 e. The Kier molecular flexibility index (Phi) is 16.6. The molecule has 280 valence electrons. The molecular weight excluding hydrogens is 597 g/mol. The van der Waals surface area contributed by atoms with E-state index in [1.165, 1.54) is 122 Å². The van der Waals surface area contributed by atoms with Crippen molar-refractivity contribution in [2.45, 2.75) is 209 Å². The van der Waals surface area contributed by atoms with Crippen LogP contribution in [-0.4, -0.2) is 12.1 Å². The molecule has 0 spiro atoms. The minimum absolute atomic E-state index is 0.0509. The Labute approximate surface area is 305 Å². The zero-order valence-corrected chi connectivity index (χ0v) is 33.6. The van der Waals surface area contributed by atoms with Gasteiger partial charge in [0.1, 0.15) is 6.10 Å². The van der Waals surface area contributed by atoms with Crippen LogP contribution in [0.5, 0.6) is 0 Å². The summed E-state index contributed by atoms with van der Waals surface area (Å²) in [5.41, 5.74) is 4.13. The van der Waals surface area contributed by atoms with Crippen LogP contribution in [0.3, 0.4) is 0 Å². The van der Waals surface area contributed by atoms with Crippen LogP contribution in [0.1, 0.15) is 203 Å². The Bertz CT molecular complexity index is 1080. The number of rotatable bonds is 21. The van der Waals surface area contributed by atoms with Gasteiger partial charge in [-0.05, 0) is 143 Å². The molecule has 2 nitrogen and oxygen atoms in total. The SMILES string of the molecule is C/C=C(\CC[C@@H](C)[C@H]1CC[C@H]2[C@@H]3CC=C4C[C@@H](OC(=O)CCCCCCC/C=C/CCCCCCCC)CC[C@]4(C)[C@H]3CC[C@]12C)C(C)C. The number of ether oxygens (including phenoxy) is 1. The lowest BCUT2D eigenvalue weighted by Crippen LogP contribution is -2.51. The van der Waals surface area contributed by atoms with E-state index in [1.54, 1.807) is 11.1 Å². The lowest BCUT2D eigenvalue weighted by atomic mass is 9.47. The molecule has 4 aliphatic carbocycles. The third-order valence-electron chi connectivity index (χ3n) is 14.8. The fourth-order valence-corrected chi connectivity index (χ4v) is 11.7. The first kappa shape index (κ1) is 40.5. The molecule has 0 unspecified atom stereocenters. The minimum atomic E-state index is 0.0509. The van der Waals surface area contributed by atoms with Crippen LogP contribution in [0.4, 0.5) is 0 Å². The van der Waals surface area contributed by atoms with Gasteiger partial charge in [-0.2, -0.15) is 0 Å². The van der Waals surface area contributed by atoms with Gasteiger partial charge in [-0.3, -0.25) is 4.79 Å². The first-order valence-corrected chi connectivity index (χ1v) is 21.8. The van der Waals surface area contributed by atoms with Crippen LogP contribution >= 0.6 is 0 Å². The maximum atomic E-state index is 12.8. The molecule has 2 heteroatoms. The van der Waals surface area contributed by atoms with E-state index in [9.17, 15) is 4.79 Å². The topological polar surface area (TPSA) is 26.3 Å². The second-order valence-corrected chi connectivity index (χ2v) is 18.2. The van der Waals surface area contributed by atoms with Crippen molar-refractivity contribution in [1.29, 1.82) is 0 Å². The van der Waals surface area contributed by atoms with Crippen LogP contribution in [0.25, 0.3) is 0 Å². The van der Waals surface area contributed by atoms with E-state index in [4.69, 9.17) is 4.74 Å². The third kappa shape index (κ3) is 10.9. The van der Waals surface area contributed by atoms with Crippen molar-refractivity contribution in [3.05, 3.63) is 35.5 Å². The second-order valence-electron chi connectivity index (χ2n) is 18.2. The van der Waals surface area contributed by atoms with Gasteiger partial charge in [0.05, 0.1) is 0 Å². The Balaban J connectivity index is 1.14. The Morgan fingerprint density at radius 2 is 1.51 bits per heavy atom. The number of allylic oxidation sites excluding steroid dienone is 5. The predicted molar refractivity (Wildman–Crippen MR) is 212 cm³/mol. The zero-order chi connectivity index (χ0) is 35.3. The molecule has 0 aromatic carbocycles. The maximum absolute atomic E-state index is 12.8. The minimum Gasteiger partial charge on any atom is -0.462 e. The molecule has 0 amide bonds. The van der Waals surface area contributed by atoms with Gasteiger partial charge in [-0.25, -0.2) is 0 Å². The second kappa shape index (κ2) is 20.1. The highest BCUT2D eigenvalue weighted by atomic mass is 16.5. The summed E-state index contributed by atoms with van der Waals surface area (Å²) in [6.45, 7) is 17.1. The number of fused-ring (bicyclic) bond motifs is 5. The normalized spacial score (nSPS) is 32.1. The quantitative estimate of drug-likeness (QED) is 0.0687. The van der Waals surface area contributed by atoms with Crippen molar-refractivity contribution in [2.24, 2.45) is 46.3 Å². The van der Waals surface area contributed by atoms with Gasteiger partial charge in [-0.15, -0.1) is 0 Å². The highest BCUT2D eigenvalue weighted by molar-refractivity contribution is 5.69. The Hall–Kier alpha value is -1.31. The van der Waals surface area contributed by atoms with E-state index in [-0.39, 0.29) is 12.1 Å².